The Labute approximate surface area is 130 Å². The van der Waals surface area contributed by atoms with Gasteiger partial charge in [-0.3, -0.25) is 14.5 Å². The van der Waals surface area contributed by atoms with Crippen molar-refractivity contribution in [2.75, 3.05) is 18.6 Å². The lowest BCUT2D eigenvalue weighted by molar-refractivity contribution is -0.138. The number of amides is 2. The van der Waals surface area contributed by atoms with Gasteiger partial charge in [0.05, 0.1) is 5.25 Å². The SMILES string of the molecule is CSCCCCCCCN1C(=O)CC(S[C@H](C)N)C1=O. The topological polar surface area (TPSA) is 63.4 Å². The smallest absolute Gasteiger partial charge is 0.242 e. The maximum Gasteiger partial charge on any atom is 0.242 e. The van der Waals surface area contributed by atoms with Crippen LogP contribution in [0.25, 0.3) is 0 Å². The fourth-order valence-electron chi connectivity index (χ4n) is 2.30. The minimum Gasteiger partial charge on any atom is -0.320 e. The third-order valence-corrected chi connectivity index (χ3v) is 5.13. The first-order valence-electron chi connectivity index (χ1n) is 7.30. The average molecular weight is 319 g/mol. The molecule has 6 heteroatoms. The highest BCUT2D eigenvalue weighted by molar-refractivity contribution is 8.01. The summed E-state index contributed by atoms with van der Waals surface area (Å²) in [6.45, 7) is 2.43. The lowest BCUT2D eigenvalue weighted by Crippen LogP contribution is -2.33. The van der Waals surface area contributed by atoms with Crippen LogP contribution in [0.1, 0.15) is 45.4 Å². The van der Waals surface area contributed by atoms with Crippen molar-refractivity contribution in [2.24, 2.45) is 5.73 Å². The van der Waals surface area contributed by atoms with Crippen molar-refractivity contribution >= 4 is 35.3 Å². The van der Waals surface area contributed by atoms with Crippen LogP contribution >= 0.6 is 23.5 Å². The zero-order chi connectivity index (χ0) is 15.0. The molecule has 0 radical (unpaired) electrons. The molecule has 0 bridgehead atoms. The van der Waals surface area contributed by atoms with Crippen LogP contribution in [-0.2, 0) is 9.59 Å². The summed E-state index contributed by atoms with van der Waals surface area (Å²) in [6.07, 6.45) is 8.15. The maximum atomic E-state index is 12.1. The predicted molar refractivity (Wildman–Crippen MR) is 87.8 cm³/mol. The van der Waals surface area contributed by atoms with Crippen LogP contribution in [0.4, 0.5) is 0 Å². The van der Waals surface area contributed by atoms with E-state index in [2.05, 4.69) is 6.26 Å². The van der Waals surface area contributed by atoms with Crippen LogP contribution in [0.2, 0.25) is 0 Å². The summed E-state index contributed by atoms with van der Waals surface area (Å²) in [5.74, 6) is 1.15. The van der Waals surface area contributed by atoms with Crippen molar-refractivity contribution in [1.82, 2.24) is 4.90 Å². The van der Waals surface area contributed by atoms with Gasteiger partial charge in [0, 0.05) is 18.3 Å². The number of hydrogen-bond donors (Lipinski definition) is 1. The Morgan fingerprint density at radius 1 is 1.25 bits per heavy atom. The molecule has 1 aliphatic rings. The van der Waals surface area contributed by atoms with E-state index in [1.165, 1.54) is 41.7 Å². The van der Waals surface area contributed by atoms with E-state index < -0.39 is 0 Å². The number of likely N-dealkylation sites (tertiary alicyclic amines) is 1. The van der Waals surface area contributed by atoms with Crippen LogP contribution in [-0.4, -0.2) is 45.9 Å². The van der Waals surface area contributed by atoms with Crippen molar-refractivity contribution in [2.45, 2.75) is 56.1 Å². The van der Waals surface area contributed by atoms with Crippen LogP contribution in [0, 0.1) is 0 Å². The van der Waals surface area contributed by atoms with Crippen molar-refractivity contribution in [1.29, 1.82) is 0 Å². The Kier molecular flexibility index (Phi) is 8.64. The number of carbonyl (C=O) groups is 2. The number of carbonyl (C=O) groups excluding carboxylic acids is 2. The summed E-state index contributed by atoms with van der Waals surface area (Å²) in [5, 5.41) is -0.364. The Balaban J connectivity index is 2.20. The normalized spacial score (nSPS) is 20.8. The number of unbranched alkanes of at least 4 members (excludes halogenated alkanes) is 4. The number of thioether (sulfide) groups is 2. The van der Waals surface area contributed by atoms with Gasteiger partial charge in [-0.2, -0.15) is 11.8 Å². The lowest BCUT2D eigenvalue weighted by Gasteiger charge is -2.15. The van der Waals surface area contributed by atoms with E-state index in [0.29, 0.717) is 13.0 Å². The van der Waals surface area contributed by atoms with E-state index in [4.69, 9.17) is 5.73 Å². The van der Waals surface area contributed by atoms with Gasteiger partial charge in [-0.1, -0.05) is 19.3 Å². The Bertz CT molecular complexity index is 324. The Morgan fingerprint density at radius 2 is 1.90 bits per heavy atom. The maximum absolute atomic E-state index is 12.1. The zero-order valence-electron chi connectivity index (χ0n) is 12.5. The van der Waals surface area contributed by atoms with Gasteiger partial charge in [0.1, 0.15) is 0 Å². The first-order valence-corrected chi connectivity index (χ1v) is 9.64. The molecule has 0 spiro atoms. The third kappa shape index (κ3) is 6.06. The van der Waals surface area contributed by atoms with E-state index >= 15 is 0 Å². The standard InChI is InChI=1S/C14H26N2O2S2/c1-11(15)20-12-10-13(17)16(14(12)18)8-6-4-3-5-7-9-19-2/h11-12H,3-10,15H2,1-2H3/t11-,12?/m1/s1. The van der Waals surface area contributed by atoms with Crippen LogP contribution < -0.4 is 5.73 Å². The van der Waals surface area contributed by atoms with Gasteiger partial charge >= 0.3 is 0 Å². The van der Waals surface area contributed by atoms with E-state index in [-0.39, 0.29) is 22.4 Å². The molecule has 1 unspecified atom stereocenters. The van der Waals surface area contributed by atoms with Gasteiger partial charge in [0.15, 0.2) is 0 Å². The summed E-state index contributed by atoms with van der Waals surface area (Å²) in [4.78, 5) is 25.3. The van der Waals surface area contributed by atoms with Crippen molar-refractivity contribution in [3.8, 4) is 0 Å². The van der Waals surface area contributed by atoms with Gasteiger partial charge in [-0.05, 0) is 31.8 Å². The van der Waals surface area contributed by atoms with Crippen molar-refractivity contribution in [3.05, 3.63) is 0 Å². The summed E-state index contributed by atoms with van der Waals surface area (Å²) < 4.78 is 0. The molecule has 4 nitrogen and oxygen atoms in total. The summed E-state index contributed by atoms with van der Waals surface area (Å²) in [5.41, 5.74) is 5.68. The van der Waals surface area contributed by atoms with E-state index in [1.54, 1.807) is 0 Å². The van der Waals surface area contributed by atoms with Crippen LogP contribution in [0.3, 0.4) is 0 Å². The zero-order valence-corrected chi connectivity index (χ0v) is 14.1. The number of imide groups is 1. The molecule has 2 amide bonds. The molecular formula is C14H26N2O2S2. The summed E-state index contributed by atoms with van der Waals surface area (Å²) in [6, 6.07) is 0. The molecule has 0 aromatic heterocycles. The second-order valence-electron chi connectivity index (χ2n) is 5.18. The lowest BCUT2D eigenvalue weighted by atomic mass is 10.1. The first-order chi connectivity index (χ1) is 9.56. The third-order valence-electron chi connectivity index (χ3n) is 3.31. The van der Waals surface area contributed by atoms with Crippen LogP contribution in [0.15, 0.2) is 0 Å². The molecule has 2 atom stereocenters. The minimum absolute atomic E-state index is 0.0319. The molecule has 116 valence electrons. The fraction of sp³-hybridized carbons (Fsp3) is 0.857. The highest BCUT2D eigenvalue weighted by Gasteiger charge is 2.38. The van der Waals surface area contributed by atoms with Gasteiger partial charge in [0.2, 0.25) is 11.8 Å². The van der Waals surface area contributed by atoms with Crippen molar-refractivity contribution in [3.63, 3.8) is 0 Å². The van der Waals surface area contributed by atoms with E-state index in [1.807, 2.05) is 18.7 Å². The number of nitrogens with zero attached hydrogens (tertiary/aromatic N) is 1. The molecule has 0 aromatic carbocycles. The van der Waals surface area contributed by atoms with E-state index in [9.17, 15) is 9.59 Å². The summed E-state index contributed by atoms with van der Waals surface area (Å²) in [7, 11) is 0. The average Bonchev–Trinajstić information content (AvgIpc) is 2.64. The second-order valence-corrected chi connectivity index (χ2v) is 7.75. The molecule has 2 N–H and O–H groups in total. The fourth-order valence-corrected chi connectivity index (χ4v) is 3.79. The molecule has 1 saturated heterocycles. The highest BCUT2D eigenvalue weighted by atomic mass is 32.2. The molecule has 1 rings (SSSR count). The second kappa shape index (κ2) is 9.68. The van der Waals surface area contributed by atoms with Gasteiger partial charge in [-0.25, -0.2) is 0 Å². The molecule has 1 fully saturated rings. The van der Waals surface area contributed by atoms with Crippen LogP contribution in [0.5, 0.6) is 0 Å². The molecule has 0 aromatic rings. The number of rotatable bonds is 10. The molecular weight excluding hydrogens is 292 g/mol. The number of hydrogen-bond acceptors (Lipinski definition) is 5. The first kappa shape index (κ1) is 17.9. The Hall–Kier alpha value is -0.200. The number of nitrogens with two attached hydrogens (primary N) is 1. The van der Waals surface area contributed by atoms with Gasteiger partial charge in [-0.15, -0.1) is 11.8 Å². The molecule has 20 heavy (non-hydrogen) atoms. The highest BCUT2D eigenvalue weighted by Crippen LogP contribution is 2.27. The predicted octanol–water partition coefficient (Wildman–Crippen LogP) is 2.47. The monoisotopic (exact) mass is 318 g/mol. The quantitative estimate of drug-likeness (QED) is 0.381. The molecule has 0 aliphatic carbocycles. The molecule has 1 heterocycles. The van der Waals surface area contributed by atoms with E-state index in [0.717, 1.165) is 12.8 Å². The molecule has 1 aliphatic heterocycles. The summed E-state index contributed by atoms with van der Waals surface area (Å²) >= 11 is 3.28. The largest absolute Gasteiger partial charge is 0.320 e. The van der Waals surface area contributed by atoms with Gasteiger partial charge < -0.3 is 5.73 Å². The van der Waals surface area contributed by atoms with Gasteiger partial charge in [0.25, 0.3) is 0 Å². The van der Waals surface area contributed by atoms with Crippen molar-refractivity contribution < 1.29 is 9.59 Å². The Morgan fingerprint density at radius 3 is 2.55 bits per heavy atom. The molecule has 0 saturated carbocycles. The minimum atomic E-state index is -0.260.